The third kappa shape index (κ3) is 2.43. The lowest BCUT2D eigenvalue weighted by Gasteiger charge is -2.09. The lowest BCUT2D eigenvalue weighted by Crippen LogP contribution is -2.00. The predicted octanol–water partition coefficient (Wildman–Crippen LogP) is 3.53. The monoisotopic (exact) mass is 321 g/mol. The van der Waals surface area contributed by atoms with Gasteiger partial charge in [0.1, 0.15) is 0 Å². The van der Waals surface area contributed by atoms with Gasteiger partial charge in [-0.15, -0.1) is 11.3 Å². The Bertz CT molecular complexity index is 848. The molecule has 0 spiro atoms. The minimum Gasteiger partial charge on any atom is -0.493 e. The maximum atomic E-state index is 5.44. The van der Waals surface area contributed by atoms with Crippen LogP contribution in [-0.2, 0) is 6.54 Å². The van der Waals surface area contributed by atoms with Gasteiger partial charge < -0.3 is 19.0 Å². The number of thiazole rings is 1. The van der Waals surface area contributed by atoms with Gasteiger partial charge in [0.2, 0.25) is 0 Å². The average Bonchev–Trinajstić information content (AvgIpc) is 3.02. The van der Waals surface area contributed by atoms with Gasteiger partial charge in [-0.05, 0) is 19.1 Å². The molecule has 3 aromatic rings. The highest BCUT2D eigenvalue weighted by Gasteiger charge is 2.12. The van der Waals surface area contributed by atoms with E-state index in [1.165, 1.54) is 4.88 Å². The van der Waals surface area contributed by atoms with Crippen molar-refractivity contribution in [2.75, 3.05) is 14.2 Å². The molecule has 0 saturated carbocycles. The zero-order chi connectivity index (χ0) is 15.0. The number of methoxy groups -OCH3 is 2. The fraction of sp³-hybridized carbons (Fsp3) is 0.286. The Hall–Kier alpha value is -1.86. The molecule has 0 atom stereocenters. The van der Waals surface area contributed by atoms with Gasteiger partial charge in [0.25, 0.3) is 0 Å². The smallest absolute Gasteiger partial charge is 0.178 e. The van der Waals surface area contributed by atoms with E-state index >= 15 is 0 Å². The van der Waals surface area contributed by atoms with E-state index in [4.69, 9.17) is 21.7 Å². The molecule has 0 amide bonds. The van der Waals surface area contributed by atoms with Crippen LogP contribution < -0.4 is 9.47 Å². The number of ether oxygens (including phenoxy) is 2. The van der Waals surface area contributed by atoms with Crippen molar-refractivity contribution in [2.45, 2.75) is 13.5 Å². The fourth-order valence-corrected chi connectivity index (χ4v) is 3.30. The highest BCUT2D eigenvalue weighted by Crippen LogP contribution is 2.32. The molecule has 3 rings (SSSR count). The van der Waals surface area contributed by atoms with Gasteiger partial charge in [-0.25, -0.2) is 4.98 Å². The van der Waals surface area contributed by atoms with E-state index in [2.05, 4.69) is 9.97 Å². The Balaban J connectivity index is 2.16. The summed E-state index contributed by atoms with van der Waals surface area (Å²) >= 11 is 7.07. The van der Waals surface area contributed by atoms with E-state index in [1.54, 1.807) is 25.6 Å². The number of imidazole rings is 1. The van der Waals surface area contributed by atoms with Crippen LogP contribution in [0.15, 0.2) is 17.6 Å². The van der Waals surface area contributed by atoms with Crippen molar-refractivity contribution >= 4 is 34.6 Å². The first kappa shape index (κ1) is 14.1. The Morgan fingerprint density at radius 2 is 2.00 bits per heavy atom. The van der Waals surface area contributed by atoms with Crippen LogP contribution in [0.5, 0.6) is 11.5 Å². The first-order valence-electron chi connectivity index (χ1n) is 6.37. The molecule has 110 valence electrons. The van der Waals surface area contributed by atoms with E-state index in [0.29, 0.717) is 22.8 Å². The van der Waals surface area contributed by atoms with E-state index < -0.39 is 0 Å². The summed E-state index contributed by atoms with van der Waals surface area (Å²) in [5, 5.41) is 0. The Morgan fingerprint density at radius 1 is 1.29 bits per heavy atom. The number of aryl methyl sites for hydroxylation is 1. The molecule has 0 aliphatic heterocycles. The molecule has 1 N–H and O–H groups in total. The van der Waals surface area contributed by atoms with Crippen molar-refractivity contribution in [1.82, 2.24) is 14.5 Å². The highest BCUT2D eigenvalue weighted by molar-refractivity contribution is 7.71. The molecule has 21 heavy (non-hydrogen) atoms. The maximum absolute atomic E-state index is 5.44. The molecular formula is C14H15N3O2S2. The number of hydrogen-bond donors (Lipinski definition) is 1. The Labute approximate surface area is 131 Å². The second-order valence-electron chi connectivity index (χ2n) is 4.60. The summed E-state index contributed by atoms with van der Waals surface area (Å²) in [6.45, 7) is 2.71. The SMILES string of the molecule is COc1cc2[nH]c(=S)n(Cc3scnc3C)c2cc1OC. The normalized spacial score (nSPS) is 11.0. The molecular weight excluding hydrogens is 306 g/mol. The first-order chi connectivity index (χ1) is 10.1. The number of aromatic nitrogens is 3. The number of benzene rings is 1. The van der Waals surface area contributed by atoms with Crippen LogP contribution in [0.25, 0.3) is 11.0 Å². The van der Waals surface area contributed by atoms with Crippen LogP contribution in [-0.4, -0.2) is 28.8 Å². The summed E-state index contributed by atoms with van der Waals surface area (Å²) in [6, 6.07) is 3.84. The number of nitrogens with zero attached hydrogens (tertiary/aromatic N) is 2. The summed E-state index contributed by atoms with van der Waals surface area (Å²) in [5.41, 5.74) is 4.81. The minimum absolute atomic E-state index is 0.674. The number of rotatable bonds is 4. The molecule has 2 aromatic heterocycles. The van der Waals surface area contributed by atoms with Crippen molar-refractivity contribution in [3.8, 4) is 11.5 Å². The lowest BCUT2D eigenvalue weighted by molar-refractivity contribution is 0.355. The van der Waals surface area contributed by atoms with Gasteiger partial charge in [-0.2, -0.15) is 0 Å². The van der Waals surface area contributed by atoms with Gasteiger partial charge in [-0.1, -0.05) is 0 Å². The van der Waals surface area contributed by atoms with Gasteiger partial charge in [-0.3, -0.25) is 0 Å². The van der Waals surface area contributed by atoms with Crippen LogP contribution in [0.1, 0.15) is 10.6 Å². The molecule has 1 aromatic carbocycles. The van der Waals surface area contributed by atoms with E-state index in [-0.39, 0.29) is 0 Å². The minimum atomic E-state index is 0.674. The lowest BCUT2D eigenvalue weighted by atomic mass is 10.2. The fourth-order valence-electron chi connectivity index (χ4n) is 2.26. The van der Waals surface area contributed by atoms with Gasteiger partial charge >= 0.3 is 0 Å². The average molecular weight is 321 g/mol. The highest BCUT2D eigenvalue weighted by atomic mass is 32.1. The zero-order valence-electron chi connectivity index (χ0n) is 12.0. The van der Waals surface area contributed by atoms with Crippen LogP contribution >= 0.6 is 23.6 Å². The number of fused-ring (bicyclic) bond motifs is 1. The second-order valence-corrected chi connectivity index (χ2v) is 5.93. The van der Waals surface area contributed by atoms with Crippen molar-refractivity contribution in [1.29, 1.82) is 0 Å². The third-order valence-electron chi connectivity index (χ3n) is 3.43. The van der Waals surface area contributed by atoms with Gasteiger partial charge in [0.05, 0.1) is 43.0 Å². The first-order valence-corrected chi connectivity index (χ1v) is 7.66. The topological polar surface area (TPSA) is 52.1 Å². The van der Waals surface area contributed by atoms with E-state index in [9.17, 15) is 0 Å². The van der Waals surface area contributed by atoms with E-state index in [0.717, 1.165) is 16.7 Å². The number of hydrogen-bond acceptors (Lipinski definition) is 5. The number of H-pyrrole nitrogens is 1. The molecule has 0 saturated heterocycles. The van der Waals surface area contributed by atoms with Crippen LogP contribution in [0, 0.1) is 11.7 Å². The molecule has 5 nitrogen and oxygen atoms in total. The Kier molecular flexibility index (Phi) is 3.69. The van der Waals surface area contributed by atoms with Gasteiger partial charge in [0, 0.05) is 17.0 Å². The molecule has 0 aliphatic rings. The largest absolute Gasteiger partial charge is 0.493 e. The molecule has 0 aliphatic carbocycles. The maximum Gasteiger partial charge on any atom is 0.178 e. The summed E-state index contributed by atoms with van der Waals surface area (Å²) in [5.74, 6) is 1.37. The standard InChI is InChI=1S/C14H15N3O2S2/c1-8-13(21-7-15-8)6-17-10-5-12(19-3)11(18-2)4-9(10)16-14(17)20/h4-5,7H,6H2,1-3H3,(H,16,20). The number of nitrogens with one attached hydrogen (secondary N) is 1. The molecule has 0 unspecified atom stereocenters. The Morgan fingerprint density at radius 3 is 2.62 bits per heavy atom. The van der Waals surface area contributed by atoms with Crippen LogP contribution in [0.4, 0.5) is 0 Å². The van der Waals surface area contributed by atoms with Crippen LogP contribution in [0.3, 0.4) is 0 Å². The summed E-state index contributed by atoms with van der Waals surface area (Å²) in [7, 11) is 3.25. The second kappa shape index (κ2) is 5.50. The summed E-state index contributed by atoms with van der Waals surface area (Å²) in [6.07, 6.45) is 0. The van der Waals surface area contributed by atoms with Crippen molar-refractivity contribution in [3.05, 3.63) is 33.0 Å². The molecule has 0 bridgehead atoms. The molecule has 2 heterocycles. The van der Waals surface area contributed by atoms with Crippen molar-refractivity contribution < 1.29 is 9.47 Å². The predicted molar refractivity (Wildman–Crippen MR) is 86.2 cm³/mol. The summed E-state index contributed by atoms with van der Waals surface area (Å²) < 4.78 is 13.4. The van der Waals surface area contributed by atoms with Gasteiger partial charge in [0.15, 0.2) is 16.3 Å². The quantitative estimate of drug-likeness (QED) is 0.747. The number of aromatic amines is 1. The third-order valence-corrected chi connectivity index (χ3v) is 4.67. The molecule has 0 fully saturated rings. The van der Waals surface area contributed by atoms with Crippen LogP contribution in [0.2, 0.25) is 0 Å². The molecule has 0 radical (unpaired) electrons. The summed E-state index contributed by atoms with van der Waals surface area (Å²) in [4.78, 5) is 8.69. The molecule has 7 heteroatoms. The van der Waals surface area contributed by atoms with Crippen molar-refractivity contribution in [2.24, 2.45) is 0 Å². The van der Waals surface area contributed by atoms with Crippen molar-refractivity contribution in [3.63, 3.8) is 0 Å². The zero-order valence-corrected chi connectivity index (χ0v) is 13.6. The van der Waals surface area contributed by atoms with E-state index in [1.807, 2.05) is 29.1 Å².